The fraction of sp³-hybridized carbons (Fsp3) is 0.214. The van der Waals surface area contributed by atoms with Gasteiger partial charge in [-0.1, -0.05) is 6.07 Å². The third-order valence-electron chi connectivity index (χ3n) is 3.18. The van der Waals surface area contributed by atoms with E-state index in [-0.39, 0.29) is 0 Å². The second-order valence-corrected chi connectivity index (χ2v) is 4.40. The molecular formula is C14H15N3O. The molecule has 18 heavy (non-hydrogen) atoms. The first-order valence-electron chi connectivity index (χ1n) is 5.98. The summed E-state index contributed by atoms with van der Waals surface area (Å²) < 4.78 is 0. The van der Waals surface area contributed by atoms with E-state index in [1.807, 2.05) is 37.4 Å². The third kappa shape index (κ3) is 1.75. The second-order valence-electron chi connectivity index (χ2n) is 4.40. The summed E-state index contributed by atoms with van der Waals surface area (Å²) in [6.45, 7) is 0.548. The lowest BCUT2D eigenvalue weighted by Gasteiger charge is -2.10. The van der Waals surface area contributed by atoms with E-state index in [9.17, 15) is 5.11 Å². The van der Waals surface area contributed by atoms with Crippen LogP contribution in [0.4, 0.5) is 0 Å². The van der Waals surface area contributed by atoms with Gasteiger partial charge in [-0.05, 0) is 36.9 Å². The van der Waals surface area contributed by atoms with E-state index < -0.39 is 6.10 Å². The standard InChI is InChI=1S/C14H15N3O/c1-15-8-13(18)9-4-5-12-11(7-9)10-3-2-6-16-14(10)17-12/h2-7,13,15,18H,8H2,1H3,(H,16,17). The lowest BCUT2D eigenvalue weighted by molar-refractivity contribution is 0.178. The third-order valence-corrected chi connectivity index (χ3v) is 3.18. The van der Waals surface area contributed by atoms with E-state index in [1.54, 1.807) is 6.20 Å². The van der Waals surface area contributed by atoms with E-state index in [0.717, 1.165) is 27.5 Å². The molecule has 1 unspecified atom stereocenters. The summed E-state index contributed by atoms with van der Waals surface area (Å²) in [5.41, 5.74) is 2.85. The molecule has 2 heterocycles. The highest BCUT2D eigenvalue weighted by Crippen LogP contribution is 2.26. The predicted octanol–water partition coefficient (Wildman–Crippen LogP) is 1.97. The minimum Gasteiger partial charge on any atom is -0.387 e. The van der Waals surface area contributed by atoms with Crippen LogP contribution in [0.1, 0.15) is 11.7 Å². The molecule has 3 aromatic rings. The molecular weight excluding hydrogens is 226 g/mol. The SMILES string of the molecule is CNCC(O)c1ccc2[nH]c3ncccc3c2c1. The molecule has 3 N–H and O–H groups in total. The Hall–Kier alpha value is -1.91. The number of aliphatic hydroxyl groups excluding tert-OH is 1. The molecule has 1 aromatic carbocycles. The van der Waals surface area contributed by atoms with Gasteiger partial charge >= 0.3 is 0 Å². The molecule has 0 aliphatic rings. The average molecular weight is 241 g/mol. The summed E-state index contributed by atoms with van der Waals surface area (Å²) in [6.07, 6.45) is 1.29. The molecule has 0 aliphatic heterocycles. The number of fused-ring (bicyclic) bond motifs is 3. The topological polar surface area (TPSA) is 60.9 Å². The maximum Gasteiger partial charge on any atom is 0.138 e. The van der Waals surface area contributed by atoms with Crippen LogP contribution in [-0.4, -0.2) is 28.7 Å². The van der Waals surface area contributed by atoms with Gasteiger partial charge in [0, 0.05) is 29.0 Å². The predicted molar refractivity (Wildman–Crippen MR) is 72.5 cm³/mol. The van der Waals surface area contributed by atoms with Crippen molar-refractivity contribution in [3.8, 4) is 0 Å². The first-order chi connectivity index (χ1) is 8.79. The number of rotatable bonds is 3. The van der Waals surface area contributed by atoms with E-state index in [0.29, 0.717) is 6.54 Å². The van der Waals surface area contributed by atoms with Crippen LogP contribution >= 0.6 is 0 Å². The highest BCUT2D eigenvalue weighted by molar-refractivity contribution is 6.05. The van der Waals surface area contributed by atoms with Crippen LogP contribution in [0.2, 0.25) is 0 Å². The fourth-order valence-corrected chi connectivity index (χ4v) is 2.26. The lowest BCUT2D eigenvalue weighted by atomic mass is 10.1. The zero-order valence-electron chi connectivity index (χ0n) is 10.1. The van der Waals surface area contributed by atoms with E-state index in [2.05, 4.69) is 15.3 Å². The number of nitrogens with zero attached hydrogens (tertiary/aromatic N) is 1. The Morgan fingerprint density at radius 1 is 1.33 bits per heavy atom. The normalized spacial score (nSPS) is 13.2. The number of benzene rings is 1. The summed E-state index contributed by atoms with van der Waals surface area (Å²) in [5, 5.41) is 15.2. The number of hydrogen-bond donors (Lipinski definition) is 3. The maximum absolute atomic E-state index is 10.0. The zero-order chi connectivity index (χ0) is 12.5. The van der Waals surface area contributed by atoms with Gasteiger partial charge in [-0.25, -0.2) is 4.98 Å². The number of H-pyrrole nitrogens is 1. The van der Waals surface area contributed by atoms with Gasteiger partial charge in [0.1, 0.15) is 5.65 Å². The largest absolute Gasteiger partial charge is 0.387 e. The molecule has 2 aromatic heterocycles. The van der Waals surface area contributed by atoms with E-state index in [1.165, 1.54) is 0 Å². The van der Waals surface area contributed by atoms with Crippen molar-refractivity contribution in [2.75, 3.05) is 13.6 Å². The van der Waals surface area contributed by atoms with Gasteiger partial charge in [-0.15, -0.1) is 0 Å². The molecule has 3 rings (SSSR count). The quantitative estimate of drug-likeness (QED) is 0.657. The molecule has 0 saturated carbocycles. The summed E-state index contributed by atoms with van der Waals surface area (Å²) >= 11 is 0. The van der Waals surface area contributed by atoms with Crippen molar-refractivity contribution in [1.29, 1.82) is 0 Å². The number of likely N-dealkylation sites (N-methyl/N-ethyl adjacent to an activating group) is 1. The molecule has 0 aliphatic carbocycles. The molecule has 0 amide bonds. The Kier molecular flexibility index (Phi) is 2.74. The minimum absolute atomic E-state index is 0.485. The molecule has 0 fully saturated rings. The molecule has 0 radical (unpaired) electrons. The molecule has 0 saturated heterocycles. The van der Waals surface area contributed by atoms with Crippen molar-refractivity contribution in [2.45, 2.75) is 6.10 Å². The molecule has 4 heteroatoms. The minimum atomic E-state index is -0.485. The van der Waals surface area contributed by atoms with Gasteiger partial charge in [-0.3, -0.25) is 0 Å². The van der Waals surface area contributed by atoms with Gasteiger partial charge in [-0.2, -0.15) is 0 Å². The van der Waals surface area contributed by atoms with Crippen LogP contribution in [0.5, 0.6) is 0 Å². The van der Waals surface area contributed by atoms with Crippen molar-refractivity contribution < 1.29 is 5.11 Å². The number of aliphatic hydroxyl groups is 1. The van der Waals surface area contributed by atoms with Crippen LogP contribution < -0.4 is 5.32 Å². The first kappa shape index (κ1) is 11.2. The van der Waals surface area contributed by atoms with Gasteiger partial charge in [0.05, 0.1) is 6.10 Å². The average Bonchev–Trinajstić information content (AvgIpc) is 2.76. The molecule has 0 spiro atoms. The summed E-state index contributed by atoms with van der Waals surface area (Å²) in [5.74, 6) is 0. The van der Waals surface area contributed by atoms with Crippen LogP contribution in [-0.2, 0) is 0 Å². The van der Waals surface area contributed by atoms with E-state index >= 15 is 0 Å². The summed E-state index contributed by atoms with van der Waals surface area (Å²) in [4.78, 5) is 7.57. The van der Waals surface area contributed by atoms with Crippen LogP contribution in [0, 0.1) is 0 Å². The van der Waals surface area contributed by atoms with Gasteiger partial charge in [0.2, 0.25) is 0 Å². The number of hydrogen-bond acceptors (Lipinski definition) is 3. The van der Waals surface area contributed by atoms with Crippen LogP contribution in [0.25, 0.3) is 21.9 Å². The Balaban J connectivity index is 2.18. The zero-order valence-corrected chi connectivity index (χ0v) is 10.1. The van der Waals surface area contributed by atoms with E-state index in [4.69, 9.17) is 0 Å². The number of pyridine rings is 1. The molecule has 0 bridgehead atoms. The molecule has 92 valence electrons. The fourth-order valence-electron chi connectivity index (χ4n) is 2.26. The number of aromatic amines is 1. The molecule has 1 atom stereocenters. The number of aromatic nitrogens is 2. The van der Waals surface area contributed by atoms with Crippen LogP contribution in [0.15, 0.2) is 36.5 Å². The smallest absolute Gasteiger partial charge is 0.138 e. The van der Waals surface area contributed by atoms with Gasteiger partial charge in [0.25, 0.3) is 0 Å². The number of nitrogens with one attached hydrogen (secondary N) is 2. The Labute approximate surface area is 105 Å². The monoisotopic (exact) mass is 241 g/mol. The van der Waals surface area contributed by atoms with Crippen molar-refractivity contribution in [3.05, 3.63) is 42.1 Å². The highest BCUT2D eigenvalue weighted by Gasteiger charge is 2.10. The summed E-state index contributed by atoms with van der Waals surface area (Å²) in [6, 6.07) is 9.92. The van der Waals surface area contributed by atoms with Crippen LogP contribution in [0.3, 0.4) is 0 Å². The van der Waals surface area contributed by atoms with Crippen molar-refractivity contribution >= 4 is 21.9 Å². The Morgan fingerprint density at radius 2 is 2.22 bits per heavy atom. The van der Waals surface area contributed by atoms with Gasteiger partial charge in [0.15, 0.2) is 0 Å². The first-order valence-corrected chi connectivity index (χ1v) is 5.98. The highest BCUT2D eigenvalue weighted by atomic mass is 16.3. The van der Waals surface area contributed by atoms with Crippen molar-refractivity contribution in [2.24, 2.45) is 0 Å². The van der Waals surface area contributed by atoms with Crippen molar-refractivity contribution in [3.63, 3.8) is 0 Å². The lowest BCUT2D eigenvalue weighted by Crippen LogP contribution is -2.16. The summed E-state index contributed by atoms with van der Waals surface area (Å²) in [7, 11) is 1.83. The Bertz CT molecular complexity index is 690. The molecule has 4 nitrogen and oxygen atoms in total. The Morgan fingerprint density at radius 3 is 3.06 bits per heavy atom. The maximum atomic E-state index is 10.0. The van der Waals surface area contributed by atoms with Gasteiger partial charge < -0.3 is 15.4 Å². The second kappa shape index (κ2) is 4.40. The van der Waals surface area contributed by atoms with Crippen molar-refractivity contribution in [1.82, 2.24) is 15.3 Å².